The van der Waals surface area contributed by atoms with E-state index in [4.69, 9.17) is 0 Å². The van der Waals surface area contributed by atoms with E-state index in [2.05, 4.69) is 37.3 Å². The molecule has 1 aliphatic rings. The molecule has 0 aromatic heterocycles. The Morgan fingerprint density at radius 2 is 1.31 bits per heavy atom. The quantitative estimate of drug-likeness (QED) is 0.480. The third-order valence-electron chi connectivity index (χ3n) is 2.36. The topological polar surface area (TPSA) is 0 Å². The van der Waals surface area contributed by atoms with Crippen molar-refractivity contribution in [2.75, 3.05) is 0 Å². The average Bonchev–Trinajstić information content (AvgIpc) is 2.11. The van der Waals surface area contributed by atoms with Crippen LogP contribution in [0.5, 0.6) is 0 Å². The molecule has 0 amide bonds. The highest BCUT2D eigenvalue weighted by Gasteiger charge is 1.88. The maximum atomic E-state index is 2.37. The lowest BCUT2D eigenvalue weighted by Crippen LogP contribution is -1.78. The number of hydrogen-bond donors (Lipinski definition) is 0. The summed E-state index contributed by atoms with van der Waals surface area (Å²) >= 11 is 0. The Kier molecular flexibility index (Phi) is 5.31. The molecule has 0 heterocycles. The maximum Gasteiger partial charge on any atom is -0.0288 e. The molecule has 0 spiro atoms. The summed E-state index contributed by atoms with van der Waals surface area (Å²) in [6.45, 7) is 2.24. The van der Waals surface area contributed by atoms with Crippen molar-refractivity contribution in [1.29, 1.82) is 0 Å². The minimum Gasteiger partial charge on any atom is -0.0882 e. The smallest absolute Gasteiger partial charge is 0.0288 e. The molecule has 0 atom stereocenters. The Morgan fingerprint density at radius 3 is 2.00 bits per heavy atom. The monoisotopic (exact) mass is 176 g/mol. The molecule has 1 rings (SSSR count). The van der Waals surface area contributed by atoms with Gasteiger partial charge in [0.1, 0.15) is 0 Å². The van der Waals surface area contributed by atoms with E-state index in [9.17, 15) is 0 Å². The second-order valence-corrected chi connectivity index (χ2v) is 3.69. The van der Waals surface area contributed by atoms with Gasteiger partial charge in [-0.25, -0.2) is 0 Å². The first kappa shape index (κ1) is 10.3. The average molecular weight is 176 g/mol. The van der Waals surface area contributed by atoms with Gasteiger partial charge in [-0.3, -0.25) is 0 Å². The molecule has 0 N–H and O–H groups in total. The van der Waals surface area contributed by atoms with Crippen LogP contribution in [0.3, 0.4) is 0 Å². The van der Waals surface area contributed by atoms with Gasteiger partial charge in [-0.1, -0.05) is 36.0 Å². The molecular formula is C13H20. The lowest BCUT2D eigenvalue weighted by molar-refractivity contribution is 0.921. The molecule has 0 aliphatic heterocycles. The Labute approximate surface area is 82.0 Å². The van der Waals surface area contributed by atoms with Crippen LogP contribution in [0.25, 0.3) is 0 Å². The van der Waals surface area contributed by atoms with Crippen molar-refractivity contribution < 1.29 is 0 Å². The number of allylic oxidation sites excluding steroid dienone is 6. The standard InChI is InChI=1S/C13H20/c1-13-11-9-7-5-3-2-4-6-8-10-12-13/h3,5-6,8,11H,2,4,7,9-10,12H2,1H3/b5-3+,8-6+,13-11+. The van der Waals surface area contributed by atoms with Gasteiger partial charge in [-0.05, 0) is 45.4 Å². The van der Waals surface area contributed by atoms with Crippen LogP contribution in [0.4, 0.5) is 0 Å². The van der Waals surface area contributed by atoms with Gasteiger partial charge in [0.15, 0.2) is 0 Å². The normalized spacial score (nSPS) is 29.2. The zero-order valence-corrected chi connectivity index (χ0v) is 8.63. The van der Waals surface area contributed by atoms with E-state index in [1.807, 2.05) is 0 Å². The van der Waals surface area contributed by atoms with Crippen molar-refractivity contribution in [1.82, 2.24) is 0 Å². The van der Waals surface area contributed by atoms with Crippen LogP contribution in [0.2, 0.25) is 0 Å². The summed E-state index contributed by atoms with van der Waals surface area (Å²) < 4.78 is 0. The van der Waals surface area contributed by atoms with Crippen LogP contribution in [0, 0.1) is 0 Å². The highest BCUT2D eigenvalue weighted by atomic mass is 13.9. The fourth-order valence-electron chi connectivity index (χ4n) is 1.50. The lowest BCUT2D eigenvalue weighted by atomic mass is 10.1. The van der Waals surface area contributed by atoms with Crippen molar-refractivity contribution in [2.45, 2.75) is 45.4 Å². The fraction of sp³-hybridized carbons (Fsp3) is 0.538. The first-order chi connectivity index (χ1) is 6.39. The Hall–Kier alpha value is -0.780. The Bertz CT molecular complexity index is 206. The second-order valence-electron chi connectivity index (χ2n) is 3.69. The molecule has 13 heavy (non-hydrogen) atoms. The van der Waals surface area contributed by atoms with Crippen molar-refractivity contribution >= 4 is 0 Å². The third-order valence-corrected chi connectivity index (χ3v) is 2.36. The van der Waals surface area contributed by atoms with Gasteiger partial charge < -0.3 is 0 Å². The molecule has 0 heteroatoms. The number of rotatable bonds is 0. The molecule has 1 aliphatic carbocycles. The zero-order valence-electron chi connectivity index (χ0n) is 8.63. The van der Waals surface area contributed by atoms with Gasteiger partial charge in [0.05, 0.1) is 0 Å². The number of hydrogen-bond acceptors (Lipinski definition) is 0. The predicted octanol–water partition coefficient (Wildman–Crippen LogP) is 4.40. The van der Waals surface area contributed by atoms with Gasteiger partial charge in [0.2, 0.25) is 0 Å². The van der Waals surface area contributed by atoms with Crippen LogP contribution in [0.1, 0.15) is 45.4 Å². The largest absolute Gasteiger partial charge is 0.0882 e. The summed E-state index contributed by atoms with van der Waals surface area (Å²) in [6, 6.07) is 0. The predicted molar refractivity (Wildman–Crippen MR) is 59.7 cm³/mol. The minimum atomic E-state index is 1.21. The van der Waals surface area contributed by atoms with E-state index >= 15 is 0 Å². The molecular weight excluding hydrogens is 156 g/mol. The van der Waals surface area contributed by atoms with Crippen LogP contribution >= 0.6 is 0 Å². The van der Waals surface area contributed by atoms with Gasteiger partial charge in [0, 0.05) is 0 Å². The van der Waals surface area contributed by atoms with Crippen molar-refractivity contribution in [2.24, 2.45) is 0 Å². The van der Waals surface area contributed by atoms with E-state index in [-0.39, 0.29) is 0 Å². The van der Waals surface area contributed by atoms with Crippen LogP contribution in [0.15, 0.2) is 36.0 Å². The van der Waals surface area contributed by atoms with Gasteiger partial charge >= 0.3 is 0 Å². The first-order valence-electron chi connectivity index (χ1n) is 5.35. The molecule has 0 saturated carbocycles. The van der Waals surface area contributed by atoms with Gasteiger partial charge in [0.25, 0.3) is 0 Å². The summed E-state index contributed by atoms with van der Waals surface area (Å²) in [5.74, 6) is 0. The first-order valence-corrected chi connectivity index (χ1v) is 5.35. The molecule has 0 nitrogen and oxygen atoms in total. The van der Waals surface area contributed by atoms with E-state index in [1.165, 1.54) is 38.5 Å². The van der Waals surface area contributed by atoms with E-state index in [0.29, 0.717) is 0 Å². The SMILES string of the molecule is C/C1=C\CC/C=C/CC/C=C/CC1. The fourth-order valence-corrected chi connectivity index (χ4v) is 1.50. The highest BCUT2D eigenvalue weighted by molar-refractivity contribution is 5.02. The van der Waals surface area contributed by atoms with Crippen LogP contribution < -0.4 is 0 Å². The molecule has 0 saturated heterocycles. The van der Waals surface area contributed by atoms with Crippen LogP contribution in [-0.4, -0.2) is 0 Å². The van der Waals surface area contributed by atoms with Crippen molar-refractivity contribution in [3.63, 3.8) is 0 Å². The van der Waals surface area contributed by atoms with Crippen molar-refractivity contribution in [3.8, 4) is 0 Å². The summed E-state index contributed by atoms with van der Waals surface area (Å²) in [5.41, 5.74) is 1.54. The second kappa shape index (κ2) is 6.71. The zero-order chi connectivity index (χ0) is 9.36. The molecule has 0 aromatic carbocycles. The summed E-state index contributed by atoms with van der Waals surface area (Å²) in [4.78, 5) is 0. The van der Waals surface area contributed by atoms with E-state index in [0.717, 1.165) is 0 Å². The molecule has 72 valence electrons. The highest BCUT2D eigenvalue weighted by Crippen LogP contribution is 2.09. The molecule has 0 aromatic rings. The molecule has 0 fully saturated rings. The Balaban J connectivity index is 2.42. The van der Waals surface area contributed by atoms with E-state index in [1.54, 1.807) is 5.57 Å². The molecule has 0 bridgehead atoms. The van der Waals surface area contributed by atoms with Gasteiger partial charge in [-0.15, -0.1) is 0 Å². The molecule has 0 unspecified atom stereocenters. The molecule has 0 radical (unpaired) electrons. The van der Waals surface area contributed by atoms with Crippen molar-refractivity contribution in [3.05, 3.63) is 36.0 Å². The van der Waals surface area contributed by atoms with Gasteiger partial charge in [-0.2, -0.15) is 0 Å². The maximum absolute atomic E-state index is 2.37. The third kappa shape index (κ3) is 5.46. The minimum absolute atomic E-state index is 1.21. The Morgan fingerprint density at radius 1 is 0.769 bits per heavy atom. The summed E-state index contributed by atoms with van der Waals surface area (Å²) in [5, 5.41) is 0. The van der Waals surface area contributed by atoms with E-state index < -0.39 is 0 Å². The van der Waals surface area contributed by atoms with Crippen LogP contribution in [-0.2, 0) is 0 Å². The summed E-state index contributed by atoms with van der Waals surface area (Å²) in [7, 11) is 0. The lowest BCUT2D eigenvalue weighted by Gasteiger charge is -1.98. The summed E-state index contributed by atoms with van der Waals surface area (Å²) in [6.07, 6.45) is 18.9.